The molecule has 0 aromatic heterocycles. The number of ether oxygens (including phenoxy) is 1. The van der Waals surface area contributed by atoms with Crippen molar-refractivity contribution >= 4 is 17.3 Å². The maximum absolute atomic E-state index is 12.0. The van der Waals surface area contributed by atoms with Crippen LogP contribution in [0.25, 0.3) is 0 Å². The number of nitro groups is 1. The Hall–Kier alpha value is -3.22. The fourth-order valence-corrected chi connectivity index (χ4v) is 2.22. The molecular weight excluding hydrogens is 322 g/mol. The van der Waals surface area contributed by atoms with Gasteiger partial charge in [0.1, 0.15) is 5.75 Å². The number of hydrogen-bond donors (Lipinski definition) is 1. The van der Waals surface area contributed by atoms with E-state index in [9.17, 15) is 14.9 Å². The quantitative estimate of drug-likeness (QED) is 0.476. The first-order chi connectivity index (χ1) is 12.0. The van der Waals surface area contributed by atoms with Crippen molar-refractivity contribution in [2.24, 2.45) is 5.10 Å². The predicted octanol–water partition coefficient (Wildman–Crippen LogP) is 3.08. The number of benzene rings is 2. The maximum Gasteiger partial charge on any atom is 0.269 e. The summed E-state index contributed by atoms with van der Waals surface area (Å²) < 4.78 is 5.12. The van der Waals surface area contributed by atoms with Crippen LogP contribution in [0.3, 0.4) is 0 Å². The molecule has 0 bridgehead atoms. The second kappa shape index (κ2) is 8.58. The number of amides is 1. The van der Waals surface area contributed by atoms with Crippen LogP contribution < -0.4 is 10.2 Å². The minimum atomic E-state index is -0.476. The highest BCUT2D eigenvalue weighted by Gasteiger charge is 2.08. The molecule has 130 valence electrons. The molecule has 0 fully saturated rings. The van der Waals surface area contributed by atoms with E-state index in [2.05, 4.69) is 10.5 Å². The zero-order valence-electron chi connectivity index (χ0n) is 14.1. The Morgan fingerprint density at radius 2 is 1.80 bits per heavy atom. The standard InChI is InChI=1S/C18H19N3O4/c1-3-17(14-6-10-16(25-2)11-7-14)19-20-18(22)12-13-4-8-15(9-5-13)21(23)24/h4-11H,3,12H2,1-2H3,(H,20,22)/b19-17-. The number of rotatable bonds is 7. The van der Waals surface area contributed by atoms with E-state index in [-0.39, 0.29) is 18.0 Å². The van der Waals surface area contributed by atoms with E-state index < -0.39 is 4.92 Å². The van der Waals surface area contributed by atoms with Crippen LogP contribution in [0.4, 0.5) is 5.69 Å². The van der Waals surface area contributed by atoms with Crippen molar-refractivity contribution in [3.63, 3.8) is 0 Å². The van der Waals surface area contributed by atoms with Crippen LogP contribution in [0.1, 0.15) is 24.5 Å². The highest BCUT2D eigenvalue weighted by molar-refractivity contribution is 6.01. The lowest BCUT2D eigenvalue weighted by Gasteiger charge is -2.06. The summed E-state index contributed by atoms with van der Waals surface area (Å²) in [6.45, 7) is 1.95. The fraction of sp³-hybridized carbons (Fsp3) is 0.222. The van der Waals surface area contributed by atoms with E-state index >= 15 is 0 Å². The lowest BCUT2D eigenvalue weighted by molar-refractivity contribution is -0.384. The molecule has 2 rings (SSSR count). The molecular formula is C18H19N3O4. The number of nitro benzene ring substituents is 1. The third-order valence-electron chi connectivity index (χ3n) is 3.59. The van der Waals surface area contributed by atoms with Crippen molar-refractivity contribution in [3.8, 4) is 5.75 Å². The van der Waals surface area contributed by atoms with Crippen LogP contribution in [0.5, 0.6) is 5.75 Å². The molecule has 0 radical (unpaired) electrons. The SMILES string of the molecule is CC/C(=N/NC(=O)Cc1ccc([N+](=O)[O-])cc1)c1ccc(OC)cc1. The molecule has 0 aliphatic carbocycles. The highest BCUT2D eigenvalue weighted by Crippen LogP contribution is 2.14. The summed E-state index contributed by atoms with van der Waals surface area (Å²) >= 11 is 0. The average Bonchev–Trinajstić information content (AvgIpc) is 2.63. The Bertz CT molecular complexity index is 768. The molecule has 0 aliphatic heterocycles. The van der Waals surface area contributed by atoms with Crippen molar-refractivity contribution in [2.75, 3.05) is 7.11 Å². The Morgan fingerprint density at radius 1 is 1.16 bits per heavy atom. The van der Waals surface area contributed by atoms with Crippen LogP contribution in [-0.2, 0) is 11.2 Å². The van der Waals surface area contributed by atoms with Crippen molar-refractivity contribution in [1.29, 1.82) is 0 Å². The second-order valence-electron chi connectivity index (χ2n) is 5.28. The van der Waals surface area contributed by atoms with Gasteiger partial charge in [-0.05, 0) is 41.8 Å². The molecule has 1 N–H and O–H groups in total. The summed E-state index contributed by atoms with van der Waals surface area (Å²) in [5.41, 5.74) is 4.86. The first kappa shape index (κ1) is 18.1. The predicted molar refractivity (Wildman–Crippen MR) is 94.8 cm³/mol. The highest BCUT2D eigenvalue weighted by atomic mass is 16.6. The van der Waals surface area contributed by atoms with E-state index in [1.807, 2.05) is 31.2 Å². The van der Waals surface area contributed by atoms with E-state index in [1.54, 1.807) is 19.2 Å². The van der Waals surface area contributed by atoms with Gasteiger partial charge >= 0.3 is 0 Å². The molecule has 1 amide bonds. The molecule has 25 heavy (non-hydrogen) atoms. The van der Waals surface area contributed by atoms with Gasteiger partial charge in [0.25, 0.3) is 5.69 Å². The third kappa shape index (κ3) is 5.13. The van der Waals surface area contributed by atoms with E-state index in [4.69, 9.17) is 4.74 Å². The van der Waals surface area contributed by atoms with E-state index in [0.717, 1.165) is 17.0 Å². The first-order valence-electron chi connectivity index (χ1n) is 7.76. The lowest BCUT2D eigenvalue weighted by atomic mass is 10.1. The molecule has 0 unspecified atom stereocenters. The summed E-state index contributed by atoms with van der Waals surface area (Å²) in [6.07, 6.45) is 0.755. The summed E-state index contributed by atoms with van der Waals surface area (Å²) in [5.74, 6) is 0.467. The summed E-state index contributed by atoms with van der Waals surface area (Å²) in [4.78, 5) is 22.2. The molecule has 0 spiro atoms. The van der Waals surface area contributed by atoms with E-state index in [1.165, 1.54) is 12.1 Å². The topological polar surface area (TPSA) is 93.8 Å². The van der Waals surface area contributed by atoms with Crippen LogP contribution in [0, 0.1) is 10.1 Å². The minimum absolute atomic E-state index is 0.00467. The fourth-order valence-electron chi connectivity index (χ4n) is 2.22. The van der Waals surface area contributed by atoms with Gasteiger partial charge in [-0.1, -0.05) is 19.1 Å². The molecule has 2 aromatic rings. The number of carbonyl (C=O) groups is 1. The largest absolute Gasteiger partial charge is 0.497 e. The number of nitrogens with zero attached hydrogens (tertiary/aromatic N) is 2. The van der Waals surface area contributed by atoms with Crippen molar-refractivity contribution < 1.29 is 14.5 Å². The average molecular weight is 341 g/mol. The van der Waals surface area contributed by atoms with E-state index in [0.29, 0.717) is 12.0 Å². The number of hydrazone groups is 1. The molecule has 0 aliphatic rings. The molecule has 2 aromatic carbocycles. The second-order valence-corrected chi connectivity index (χ2v) is 5.28. The number of non-ortho nitro benzene ring substituents is 1. The zero-order chi connectivity index (χ0) is 18.2. The van der Waals surface area contributed by atoms with Gasteiger partial charge in [-0.3, -0.25) is 14.9 Å². The van der Waals surface area contributed by atoms with Crippen molar-refractivity contribution in [2.45, 2.75) is 19.8 Å². The number of carbonyl (C=O) groups excluding carboxylic acids is 1. The normalized spacial score (nSPS) is 11.0. The van der Waals surface area contributed by atoms with Gasteiger partial charge in [-0.25, -0.2) is 5.43 Å². The van der Waals surface area contributed by atoms with Crippen LogP contribution in [0.15, 0.2) is 53.6 Å². The van der Waals surface area contributed by atoms with Gasteiger partial charge in [0, 0.05) is 12.1 Å². The molecule has 7 nitrogen and oxygen atoms in total. The molecule has 7 heteroatoms. The van der Waals surface area contributed by atoms with Gasteiger partial charge in [0.2, 0.25) is 5.91 Å². The lowest BCUT2D eigenvalue weighted by Crippen LogP contribution is -2.21. The molecule has 0 heterocycles. The monoisotopic (exact) mass is 341 g/mol. The summed E-state index contributed by atoms with van der Waals surface area (Å²) in [6, 6.07) is 13.3. The first-order valence-corrected chi connectivity index (χ1v) is 7.76. The number of methoxy groups -OCH3 is 1. The van der Waals surface area contributed by atoms with Gasteiger partial charge < -0.3 is 4.74 Å². The number of hydrogen-bond acceptors (Lipinski definition) is 5. The zero-order valence-corrected chi connectivity index (χ0v) is 14.1. The van der Waals surface area contributed by atoms with Gasteiger partial charge in [0.15, 0.2) is 0 Å². The number of nitrogens with one attached hydrogen (secondary N) is 1. The van der Waals surface area contributed by atoms with Crippen molar-refractivity contribution in [3.05, 3.63) is 69.8 Å². The van der Waals surface area contributed by atoms with Gasteiger partial charge in [-0.2, -0.15) is 5.10 Å². The molecule has 0 atom stereocenters. The molecule has 0 saturated carbocycles. The Morgan fingerprint density at radius 3 is 2.32 bits per heavy atom. The van der Waals surface area contributed by atoms with Crippen LogP contribution in [-0.4, -0.2) is 23.7 Å². The van der Waals surface area contributed by atoms with Crippen LogP contribution >= 0.6 is 0 Å². The van der Waals surface area contributed by atoms with Gasteiger partial charge in [0.05, 0.1) is 24.2 Å². The van der Waals surface area contributed by atoms with Gasteiger partial charge in [-0.15, -0.1) is 0 Å². The minimum Gasteiger partial charge on any atom is -0.497 e. The third-order valence-corrected chi connectivity index (χ3v) is 3.59. The summed E-state index contributed by atoms with van der Waals surface area (Å²) in [5, 5.41) is 14.8. The smallest absolute Gasteiger partial charge is 0.269 e. The van der Waals surface area contributed by atoms with Crippen LogP contribution in [0.2, 0.25) is 0 Å². The summed E-state index contributed by atoms with van der Waals surface area (Å²) in [7, 11) is 1.60. The molecule has 0 saturated heterocycles. The van der Waals surface area contributed by atoms with Crippen molar-refractivity contribution in [1.82, 2.24) is 5.43 Å². The maximum atomic E-state index is 12.0. The Labute approximate surface area is 145 Å². The Kier molecular flexibility index (Phi) is 6.22. The Balaban J connectivity index is 2.00.